The summed E-state index contributed by atoms with van der Waals surface area (Å²) < 4.78 is 0. The third-order valence-corrected chi connectivity index (χ3v) is 7.00. The van der Waals surface area contributed by atoms with Crippen LogP contribution >= 0.6 is 0 Å². The van der Waals surface area contributed by atoms with E-state index >= 15 is 0 Å². The van der Waals surface area contributed by atoms with Crippen LogP contribution in [0, 0.1) is 46.3 Å². The molecule has 2 heteroatoms. The van der Waals surface area contributed by atoms with Crippen LogP contribution in [0.1, 0.15) is 0 Å². The first-order valence-electron chi connectivity index (χ1n) is 5.17. The Morgan fingerprint density at radius 1 is 0.750 bits per heavy atom. The maximum absolute atomic E-state index is 9.95. The quantitative estimate of drug-likeness (QED) is 0.502. The Kier molecular flexibility index (Phi) is 0.345. The fourth-order valence-corrected chi connectivity index (χ4v) is 7.40. The summed E-state index contributed by atoms with van der Waals surface area (Å²) in [5.41, 5.74) is 0.752. The minimum Gasteiger partial charge on any atom is -0.392 e. The summed E-state index contributed by atoms with van der Waals surface area (Å²) in [5, 5.41) is 19.9. The Morgan fingerprint density at radius 3 is 1.92 bits per heavy atom. The molecule has 0 aromatic carbocycles. The molecule has 0 unspecified atom stereocenters. The highest BCUT2D eigenvalue weighted by Crippen LogP contribution is 3.15. The molecule has 0 aromatic rings. The summed E-state index contributed by atoms with van der Waals surface area (Å²) in [6, 6.07) is 0. The summed E-state index contributed by atoms with van der Waals surface area (Å²) in [4.78, 5) is 0. The SMILES string of the molecule is O[C@@H]1[C@H]2[C@@H]3[C@@H]4[C@H]1[C@]15[C@@H]2[C@@H]3[C@@]41[C@H]5O. The predicted molar refractivity (Wildman–Crippen MR) is 37.8 cm³/mol. The summed E-state index contributed by atoms with van der Waals surface area (Å²) >= 11 is 0. The van der Waals surface area contributed by atoms with Crippen LogP contribution in [0.2, 0.25) is 0 Å². The molecule has 10 atom stereocenters. The fourth-order valence-electron chi connectivity index (χ4n) is 7.40. The Hall–Kier alpha value is -0.0800. The van der Waals surface area contributed by atoms with Gasteiger partial charge in [-0.1, -0.05) is 0 Å². The summed E-state index contributed by atoms with van der Waals surface area (Å²) in [6.45, 7) is 0. The highest BCUT2D eigenvalue weighted by Gasteiger charge is 3.17. The van der Waals surface area contributed by atoms with E-state index in [-0.39, 0.29) is 12.2 Å². The van der Waals surface area contributed by atoms with Crippen LogP contribution in [0.3, 0.4) is 0 Å². The van der Waals surface area contributed by atoms with E-state index in [0.717, 1.165) is 23.7 Å². The van der Waals surface area contributed by atoms with Gasteiger partial charge in [0.25, 0.3) is 0 Å². The number of aliphatic hydroxyl groups is 2. The number of aliphatic hydroxyl groups excluding tert-OH is 2. The molecule has 0 saturated heterocycles. The second-order valence-corrected chi connectivity index (χ2v) is 6.02. The lowest BCUT2D eigenvalue weighted by Crippen LogP contribution is -2.81. The second kappa shape index (κ2) is 0.833. The summed E-state index contributed by atoms with van der Waals surface area (Å²) in [6.07, 6.45) is 0.0161. The number of hydrogen-bond donors (Lipinski definition) is 2. The fraction of sp³-hybridized carbons (Fsp3) is 1.00. The standard InChI is InChI=1S/C10H10O2/c11-7-2-1-3-5(2)10-6(7)4(1)9(3,10)8(10)12/h1-8,11-12H/t1-,2-,3+,4+,5-,6+,7+,8+,9-,10-/m0/s1. The molecule has 0 radical (unpaired) electrons. The van der Waals surface area contributed by atoms with E-state index in [1.807, 2.05) is 0 Å². The van der Waals surface area contributed by atoms with E-state index in [1.165, 1.54) is 0 Å². The lowest BCUT2D eigenvalue weighted by atomic mass is 9.20. The van der Waals surface area contributed by atoms with Gasteiger partial charge in [0, 0.05) is 10.8 Å². The monoisotopic (exact) mass is 162 g/mol. The average molecular weight is 162 g/mol. The largest absolute Gasteiger partial charge is 0.392 e. The van der Waals surface area contributed by atoms with Crippen molar-refractivity contribution < 1.29 is 10.2 Å². The highest BCUT2D eigenvalue weighted by atomic mass is 16.3. The molecule has 7 aliphatic rings. The van der Waals surface area contributed by atoms with Crippen molar-refractivity contribution in [3.05, 3.63) is 0 Å². The van der Waals surface area contributed by atoms with E-state index in [0.29, 0.717) is 22.7 Å². The predicted octanol–water partition coefficient (Wildman–Crippen LogP) is -0.540. The van der Waals surface area contributed by atoms with Gasteiger partial charge in [-0.2, -0.15) is 0 Å². The van der Waals surface area contributed by atoms with Gasteiger partial charge in [-0.3, -0.25) is 0 Å². The first kappa shape index (κ1) is 4.97. The van der Waals surface area contributed by atoms with Gasteiger partial charge >= 0.3 is 0 Å². The molecule has 7 saturated carbocycles. The minimum atomic E-state index is -0.00553. The molecule has 0 aromatic heterocycles. The van der Waals surface area contributed by atoms with Crippen molar-refractivity contribution in [2.45, 2.75) is 12.2 Å². The van der Waals surface area contributed by atoms with Crippen LogP contribution in [0.25, 0.3) is 0 Å². The molecule has 62 valence electrons. The Morgan fingerprint density at radius 2 is 1.33 bits per heavy atom. The van der Waals surface area contributed by atoms with Crippen LogP contribution in [0.5, 0.6) is 0 Å². The van der Waals surface area contributed by atoms with Crippen LogP contribution in [0.4, 0.5) is 0 Å². The third-order valence-electron chi connectivity index (χ3n) is 7.00. The topological polar surface area (TPSA) is 40.5 Å². The van der Waals surface area contributed by atoms with Crippen LogP contribution < -0.4 is 0 Å². The zero-order valence-electron chi connectivity index (χ0n) is 6.51. The van der Waals surface area contributed by atoms with Gasteiger partial charge in [-0.15, -0.1) is 0 Å². The van der Waals surface area contributed by atoms with Crippen LogP contribution in [-0.4, -0.2) is 22.4 Å². The van der Waals surface area contributed by atoms with Crippen LogP contribution in [-0.2, 0) is 0 Å². The highest BCUT2D eigenvalue weighted by molar-refractivity contribution is 5.63. The van der Waals surface area contributed by atoms with Crippen molar-refractivity contribution in [3.63, 3.8) is 0 Å². The molecular weight excluding hydrogens is 152 g/mol. The first-order valence-corrected chi connectivity index (χ1v) is 5.17. The molecule has 2 bridgehead atoms. The van der Waals surface area contributed by atoms with Crippen molar-refractivity contribution in [2.75, 3.05) is 0 Å². The van der Waals surface area contributed by atoms with Crippen LogP contribution in [0.15, 0.2) is 0 Å². The van der Waals surface area contributed by atoms with Gasteiger partial charge < -0.3 is 10.2 Å². The maximum Gasteiger partial charge on any atom is 0.0678 e. The zero-order chi connectivity index (χ0) is 7.62. The Bertz CT molecular complexity index is 372. The molecule has 0 heterocycles. The molecule has 12 heavy (non-hydrogen) atoms. The molecule has 2 N–H and O–H groups in total. The average Bonchev–Trinajstić information content (AvgIpc) is 2.45. The molecular formula is C10H10O2. The van der Waals surface area contributed by atoms with Crippen molar-refractivity contribution in [1.82, 2.24) is 0 Å². The molecule has 2 nitrogen and oxygen atoms in total. The molecule has 0 amide bonds. The molecule has 7 fully saturated rings. The van der Waals surface area contributed by atoms with Gasteiger partial charge in [0.1, 0.15) is 0 Å². The van der Waals surface area contributed by atoms with E-state index in [2.05, 4.69) is 0 Å². The molecule has 2 spiro atoms. The van der Waals surface area contributed by atoms with Crippen molar-refractivity contribution in [1.29, 1.82) is 0 Å². The molecule has 7 rings (SSSR count). The van der Waals surface area contributed by atoms with Gasteiger partial charge in [0.2, 0.25) is 0 Å². The third kappa shape index (κ3) is 0.141. The van der Waals surface area contributed by atoms with Crippen molar-refractivity contribution >= 4 is 0 Å². The normalized spacial score (nSPS) is 104. The van der Waals surface area contributed by atoms with E-state index in [9.17, 15) is 10.2 Å². The summed E-state index contributed by atoms with van der Waals surface area (Å²) in [7, 11) is 0. The van der Waals surface area contributed by atoms with Gasteiger partial charge in [0.15, 0.2) is 0 Å². The van der Waals surface area contributed by atoms with Gasteiger partial charge in [-0.05, 0) is 35.5 Å². The van der Waals surface area contributed by atoms with Crippen molar-refractivity contribution in [2.24, 2.45) is 46.3 Å². The van der Waals surface area contributed by atoms with Crippen molar-refractivity contribution in [3.8, 4) is 0 Å². The Balaban J connectivity index is 1.80. The summed E-state index contributed by atoms with van der Waals surface area (Å²) in [5.74, 6) is 4.51. The van der Waals surface area contributed by atoms with E-state index in [4.69, 9.17) is 0 Å². The van der Waals surface area contributed by atoms with E-state index < -0.39 is 0 Å². The molecule has 0 aliphatic heterocycles. The van der Waals surface area contributed by atoms with Gasteiger partial charge in [-0.25, -0.2) is 0 Å². The zero-order valence-corrected chi connectivity index (χ0v) is 6.51. The van der Waals surface area contributed by atoms with Gasteiger partial charge in [0.05, 0.1) is 12.2 Å². The lowest BCUT2D eigenvalue weighted by Gasteiger charge is -2.82. The smallest absolute Gasteiger partial charge is 0.0678 e. The lowest BCUT2D eigenvalue weighted by molar-refractivity contribution is -0.380. The van der Waals surface area contributed by atoms with E-state index in [1.54, 1.807) is 0 Å². The minimum absolute atomic E-state index is 0.00553. The number of rotatable bonds is 0. The Labute approximate surface area is 69.6 Å². The first-order chi connectivity index (χ1) is 5.80. The maximum atomic E-state index is 9.95. The number of hydrogen-bond acceptors (Lipinski definition) is 2. The molecule has 7 aliphatic carbocycles. The second-order valence-electron chi connectivity index (χ2n) is 6.02.